The number of hydrogen-bond acceptors (Lipinski definition) is 3. The molecule has 0 aliphatic rings. The van der Waals surface area contributed by atoms with Crippen LogP contribution in [0.5, 0.6) is 5.75 Å². The van der Waals surface area contributed by atoms with Crippen molar-refractivity contribution in [3.05, 3.63) is 29.6 Å². The van der Waals surface area contributed by atoms with Gasteiger partial charge in [-0.25, -0.2) is 4.39 Å². The zero-order chi connectivity index (χ0) is 14.3. The van der Waals surface area contributed by atoms with Crippen LogP contribution in [0.2, 0.25) is 0 Å². The molecule has 0 aromatic heterocycles. The van der Waals surface area contributed by atoms with Gasteiger partial charge in [-0.1, -0.05) is 0 Å². The monoisotopic (exact) mass is 281 g/mol. The Morgan fingerprint density at radius 2 is 2.00 bits per heavy atom. The number of hydrogen-bond donors (Lipinski definition) is 1. The van der Waals surface area contributed by atoms with E-state index in [0.717, 1.165) is 12.1 Å². The van der Waals surface area contributed by atoms with Gasteiger partial charge in [0.2, 0.25) is 0 Å². The number of ether oxygens (including phenoxy) is 2. The van der Waals surface area contributed by atoms with Gasteiger partial charge < -0.3 is 14.8 Å². The van der Waals surface area contributed by atoms with Gasteiger partial charge in [-0.15, -0.1) is 0 Å². The fraction of sp³-hybridized carbons (Fsp3) is 0.500. The quantitative estimate of drug-likeness (QED) is 0.615. The maximum Gasteiger partial charge on any atom is 0.422 e. The fourth-order valence-corrected chi connectivity index (χ4v) is 1.38. The average Bonchev–Trinajstić information content (AvgIpc) is 2.32. The Morgan fingerprint density at radius 1 is 1.26 bits per heavy atom. The summed E-state index contributed by atoms with van der Waals surface area (Å²) < 4.78 is 58.7. The second kappa shape index (κ2) is 7.30. The summed E-state index contributed by atoms with van der Waals surface area (Å²) in [6.07, 6.45) is -4.42. The molecule has 0 bridgehead atoms. The minimum absolute atomic E-state index is 0.0173. The fourth-order valence-electron chi connectivity index (χ4n) is 1.38. The van der Waals surface area contributed by atoms with Crippen molar-refractivity contribution in [2.75, 3.05) is 26.9 Å². The van der Waals surface area contributed by atoms with Crippen LogP contribution in [0.4, 0.5) is 17.6 Å². The molecule has 1 N–H and O–H groups in total. The van der Waals surface area contributed by atoms with Crippen LogP contribution >= 0.6 is 0 Å². The number of alkyl halides is 3. The standard InChI is InChI=1S/C12H15F4NO2/c1-18-5-4-17-7-9-6-10(13)2-3-11(9)19-8-12(14,15)16/h2-3,6,17H,4-5,7-8H2,1H3. The molecule has 0 atom stereocenters. The number of benzene rings is 1. The summed E-state index contributed by atoms with van der Waals surface area (Å²) in [7, 11) is 1.53. The van der Waals surface area contributed by atoms with Gasteiger partial charge in [-0.3, -0.25) is 0 Å². The number of rotatable bonds is 7. The third-order valence-corrected chi connectivity index (χ3v) is 2.21. The minimum Gasteiger partial charge on any atom is -0.484 e. The lowest BCUT2D eigenvalue weighted by molar-refractivity contribution is -0.153. The number of halogens is 4. The molecule has 0 amide bonds. The summed E-state index contributed by atoms with van der Waals surface area (Å²) in [5.41, 5.74) is 0.334. The molecular weight excluding hydrogens is 266 g/mol. The van der Waals surface area contributed by atoms with Crippen LogP contribution in [0.15, 0.2) is 18.2 Å². The number of nitrogens with one attached hydrogen (secondary N) is 1. The Labute approximate surface area is 108 Å². The molecule has 0 spiro atoms. The summed E-state index contributed by atoms with van der Waals surface area (Å²) >= 11 is 0. The molecule has 0 saturated heterocycles. The normalized spacial score (nSPS) is 11.6. The molecule has 0 aliphatic carbocycles. The molecule has 0 saturated carbocycles. The van der Waals surface area contributed by atoms with E-state index in [1.807, 2.05) is 0 Å². The zero-order valence-corrected chi connectivity index (χ0v) is 10.4. The van der Waals surface area contributed by atoms with Crippen molar-refractivity contribution in [1.29, 1.82) is 0 Å². The van der Waals surface area contributed by atoms with Crippen molar-refractivity contribution >= 4 is 0 Å². The van der Waals surface area contributed by atoms with Crippen LogP contribution in [0, 0.1) is 5.82 Å². The van der Waals surface area contributed by atoms with Crippen LogP contribution in [0.25, 0.3) is 0 Å². The van der Waals surface area contributed by atoms with Crippen molar-refractivity contribution in [3.63, 3.8) is 0 Å². The molecule has 19 heavy (non-hydrogen) atoms. The van der Waals surface area contributed by atoms with Crippen LogP contribution in [-0.2, 0) is 11.3 Å². The highest BCUT2D eigenvalue weighted by Crippen LogP contribution is 2.23. The van der Waals surface area contributed by atoms with Gasteiger partial charge in [-0.05, 0) is 18.2 Å². The van der Waals surface area contributed by atoms with Gasteiger partial charge in [0, 0.05) is 25.8 Å². The Morgan fingerprint density at radius 3 is 2.63 bits per heavy atom. The molecule has 1 aromatic rings. The Bertz CT molecular complexity index is 396. The first-order chi connectivity index (χ1) is 8.92. The molecule has 7 heteroatoms. The lowest BCUT2D eigenvalue weighted by atomic mass is 10.2. The molecule has 0 heterocycles. The number of methoxy groups -OCH3 is 1. The molecule has 0 aliphatic heterocycles. The minimum atomic E-state index is -4.42. The van der Waals surface area contributed by atoms with E-state index in [4.69, 9.17) is 4.74 Å². The Balaban J connectivity index is 2.63. The largest absolute Gasteiger partial charge is 0.484 e. The first-order valence-corrected chi connectivity index (χ1v) is 5.60. The van der Waals surface area contributed by atoms with E-state index in [1.54, 1.807) is 0 Å². The Kier molecular flexibility index (Phi) is 6.04. The van der Waals surface area contributed by atoms with E-state index in [-0.39, 0.29) is 12.3 Å². The third-order valence-electron chi connectivity index (χ3n) is 2.21. The molecule has 1 rings (SSSR count). The van der Waals surface area contributed by atoms with E-state index >= 15 is 0 Å². The second-order valence-corrected chi connectivity index (χ2v) is 3.83. The first kappa shape index (κ1) is 15.7. The topological polar surface area (TPSA) is 30.5 Å². The van der Waals surface area contributed by atoms with E-state index in [2.05, 4.69) is 10.1 Å². The summed E-state index contributed by atoms with van der Waals surface area (Å²) in [6, 6.07) is 3.39. The smallest absolute Gasteiger partial charge is 0.422 e. The summed E-state index contributed by atoms with van der Waals surface area (Å²) in [4.78, 5) is 0. The summed E-state index contributed by atoms with van der Waals surface area (Å²) in [5, 5.41) is 2.91. The van der Waals surface area contributed by atoms with Gasteiger partial charge in [0.25, 0.3) is 0 Å². The Hall–Kier alpha value is -1.34. The summed E-state index contributed by atoms with van der Waals surface area (Å²) in [6.45, 7) is -0.238. The molecule has 0 unspecified atom stereocenters. The van der Waals surface area contributed by atoms with Gasteiger partial charge in [-0.2, -0.15) is 13.2 Å². The van der Waals surface area contributed by atoms with Crippen LogP contribution in [-0.4, -0.2) is 33.0 Å². The van der Waals surface area contributed by atoms with Crippen molar-refractivity contribution in [1.82, 2.24) is 5.32 Å². The molecular formula is C12H15F4NO2. The van der Waals surface area contributed by atoms with E-state index in [9.17, 15) is 17.6 Å². The van der Waals surface area contributed by atoms with E-state index in [1.165, 1.54) is 13.2 Å². The lowest BCUT2D eigenvalue weighted by Gasteiger charge is -2.13. The highest BCUT2D eigenvalue weighted by Gasteiger charge is 2.28. The van der Waals surface area contributed by atoms with Crippen LogP contribution in [0.3, 0.4) is 0 Å². The van der Waals surface area contributed by atoms with Crippen LogP contribution < -0.4 is 10.1 Å². The van der Waals surface area contributed by atoms with Gasteiger partial charge in [0.05, 0.1) is 6.61 Å². The molecule has 0 radical (unpaired) electrons. The molecule has 3 nitrogen and oxygen atoms in total. The third kappa shape index (κ3) is 6.40. The summed E-state index contributed by atoms with van der Waals surface area (Å²) in [5.74, 6) is -0.508. The van der Waals surface area contributed by atoms with Crippen molar-refractivity contribution in [3.8, 4) is 5.75 Å². The predicted molar refractivity (Wildman–Crippen MR) is 61.5 cm³/mol. The lowest BCUT2D eigenvalue weighted by Crippen LogP contribution is -2.22. The zero-order valence-electron chi connectivity index (χ0n) is 10.4. The SMILES string of the molecule is COCCNCc1cc(F)ccc1OCC(F)(F)F. The first-order valence-electron chi connectivity index (χ1n) is 5.60. The molecule has 0 fully saturated rings. The van der Waals surface area contributed by atoms with Gasteiger partial charge >= 0.3 is 6.18 Å². The van der Waals surface area contributed by atoms with Gasteiger partial charge in [0.15, 0.2) is 6.61 Å². The van der Waals surface area contributed by atoms with Crippen molar-refractivity contribution < 1.29 is 27.0 Å². The maximum absolute atomic E-state index is 13.1. The van der Waals surface area contributed by atoms with Crippen molar-refractivity contribution in [2.24, 2.45) is 0 Å². The van der Waals surface area contributed by atoms with Crippen LogP contribution in [0.1, 0.15) is 5.56 Å². The van der Waals surface area contributed by atoms with Gasteiger partial charge in [0.1, 0.15) is 11.6 Å². The highest BCUT2D eigenvalue weighted by atomic mass is 19.4. The van der Waals surface area contributed by atoms with Crippen molar-refractivity contribution in [2.45, 2.75) is 12.7 Å². The average molecular weight is 281 g/mol. The van der Waals surface area contributed by atoms with E-state index < -0.39 is 18.6 Å². The predicted octanol–water partition coefficient (Wildman–Crippen LogP) is 2.50. The van der Waals surface area contributed by atoms with E-state index in [0.29, 0.717) is 18.7 Å². The molecule has 1 aromatic carbocycles. The highest BCUT2D eigenvalue weighted by molar-refractivity contribution is 5.34. The molecule has 108 valence electrons. The second-order valence-electron chi connectivity index (χ2n) is 3.83. The maximum atomic E-state index is 13.1.